The van der Waals surface area contributed by atoms with Gasteiger partial charge in [-0.2, -0.15) is 0 Å². The fraction of sp³-hybridized carbons (Fsp3) is 0.588. The van der Waals surface area contributed by atoms with Crippen molar-refractivity contribution in [3.8, 4) is 0 Å². The van der Waals surface area contributed by atoms with Gasteiger partial charge in [0.05, 0.1) is 0 Å². The van der Waals surface area contributed by atoms with Crippen molar-refractivity contribution < 1.29 is 0 Å². The Morgan fingerprint density at radius 2 is 1.95 bits per heavy atom. The first-order valence-corrected chi connectivity index (χ1v) is 7.85. The molecule has 0 bridgehead atoms. The summed E-state index contributed by atoms with van der Waals surface area (Å²) in [4.78, 5) is 2.47. The van der Waals surface area contributed by atoms with Crippen molar-refractivity contribution in [2.45, 2.75) is 39.0 Å². The van der Waals surface area contributed by atoms with E-state index in [-0.39, 0.29) is 5.84 Å². The number of hydrogen-bond donors (Lipinski definition) is 2. The van der Waals surface area contributed by atoms with E-state index in [1.807, 2.05) is 12.1 Å². The molecule has 3 heteroatoms. The van der Waals surface area contributed by atoms with Crippen LogP contribution in [0.5, 0.6) is 0 Å². The third-order valence-electron chi connectivity index (χ3n) is 5.08. The van der Waals surface area contributed by atoms with Crippen molar-refractivity contribution in [3.63, 3.8) is 0 Å². The molecule has 2 aliphatic rings. The molecule has 1 aromatic carbocycles. The van der Waals surface area contributed by atoms with Gasteiger partial charge in [-0.1, -0.05) is 25.3 Å². The highest BCUT2D eigenvalue weighted by Crippen LogP contribution is 2.38. The third kappa shape index (κ3) is 2.54. The lowest BCUT2D eigenvalue weighted by Gasteiger charge is -2.43. The maximum atomic E-state index is 7.80. The van der Waals surface area contributed by atoms with Crippen LogP contribution in [0.3, 0.4) is 0 Å². The highest BCUT2D eigenvalue weighted by molar-refractivity contribution is 6.00. The molecule has 2 atom stereocenters. The van der Waals surface area contributed by atoms with Crippen LogP contribution in [0.2, 0.25) is 0 Å². The van der Waals surface area contributed by atoms with Gasteiger partial charge in [-0.25, -0.2) is 0 Å². The molecule has 1 aliphatic carbocycles. The molecule has 2 unspecified atom stereocenters. The van der Waals surface area contributed by atoms with Crippen molar-refractivity contribution in [1.29, 1.82) is 5.41 Å². The van der Waals surface area contributed by atoms with Crippen molar-refractivity contribution in [3.05, 3.63) is 29.3 Å². The van der Waals surface area contributed by atoms with Gasteiger partial charge < -0.3 is 10.6 Å². The zero-order valence-corrected chi connectivity index (χ0v) is 12.4. The van der Waals surface area contributed by atoms with E-state index < -0.39 is 0 Å². The summed E-state index contributed by atoms with van der Waals surface area (Å²) in [5.41, 5.74) is 9.07. The number of hydrogen-bond acceptors (Lipinski definition) is 2. The van der Waals surface area contributed by atoms with E-state index in [0.29, 0.717) is 0 Å². The van der Waals surface area contributed by atoms with Crippen molar-refractivity contribution in [2.75, 3.05) is 18.0 Å². The van der Waals surface area contributed by atoms with Crippen LogP contribution >= 0.6 is 0 Å². The Balaban J connectivity index is 1.85. The molecule has 0 spiro atoms. The molecule has 1 saturated carbocycles. The second kappa shape index (κ2) is 5.47. The molecular formula is C17H25N3. The molecule has 1 saturated heterocycles. The van der Waals surface area contributed by atoms with E-state index in [1.165, 1.54) is 43.4 Å². The van der Waals surface area contributed by atoms with Gasteiger partial charge in [-0.15, -0.1) is 0 Å². The Kier molecular flexibility index (Phi) is 3.68. The minimum absolute atomic E-state index is 0.186. The minimum atomic E-state index is 0.186. The van der Waals surface area contributed by atoms with Crippen LogP contribution in [0.1, 0.15) is 43.2 Å². The van der Waals surface area contributed by atoms with E-state index in [4.69, 9.17) is 11.1 Å². The van der Waals surface area contributed by atoms with Crippen molar-refractivity contribution in [2.24, 2.45) is 17.6 Å². The number of amidine groups is 1. The van der Waals surface area contributed by atoms with Crippen LogP contribution in [-0.2, 0) is 0 Å². The lowest BCUT2D eigenvalue weighted by molar-refractivity contribution is 0.202. The van der Waals surface area contributed by atoms with E-state index in [9.17, 15) is 0 Å². The molecule has 1 aliphatic heterocycles. The van der Waals surface area contributed by atoms with Gasteiger partial charge in [-0.05, 0) is 49.3 Å². The molecule has 0 amide bonds. The number of nitrogens with two attached hydrogens (primary N) is 1. The predicted octanol–water partition coefficient (Wildman–Crippen LogP) is 3.30. The fourth-order valence-corrected chi connectivity index (χ4v) is 3.95. The largest absolute Gasteiger partial charge is 0.384 e. The Hall–Kier alpha value is -1.51. The number of fused-ring (bicyclic) bond motifs is 1. The normalized spacial score (nSPS) is 26.1. The molecular weight excluding hydrogens is 246 g/mol. The topological polar surface area (TPSA) is 53.1 Å². The van der Waals surface area contributed by atoms with E-state index in [0.717, 1.165) is 30.5 Å². The maximum Gasteiger partial charge on any atom is 0.124 e. The smallest absolute Gasteiger partial charge is 0.124 e. The first kappa shape index (κ1) is 13.5. The quantitative estimate of drug-likeness (QED) is 0.640. The summed E-state index contributed by atoms with van der Waals surface area (Å²) >= 11 is 0. The van der Waals surface area contributed by atoms with E-state index >= 15 is 0 Å². The molecule has 3 rings (SSSR count). The molecule has 2 fully saturated rings. The van der Waals surface area contributed by atoms with Crippen LogP contribution in [0, 0.1) is 24.2 Å². The zero-order chi connectivity index (χ0) is 14.1. The Morgan fingerprint density at radius 1 is 1.20 bits per heavy atom. The molecule has 1 aromatic rings. The summed E-state index contributed by atoms with van der Waals surface area (Å²) in [6.07, 6.45) is 6.91. The lowest BCUT2D eigenvalue weighted by atomic mass is 9.75. The summed E-state index contributed by atoms with van der Waals surface area (Å²) in [7, 11) is 0. The average molecular weight is 271 g/mol. The SMILES string of the molecule is Cc1ccc(C(=N)N)c(N2CCC3CCCCC3C2)c1. The van der Waals surface area contributed by atoms with Crippen LogP contribution in [0.15, 0.2) is 18.2 Å². The monoisotopic (exact) mass is 271 g/mol. The van der Waals surface area contributed by atoms with Gasteiger partial charge in [0.25, 0.3) is 0 Å². The number of piperidine rings is 1. The summed E-state index contributed by atoms with van der Waals surface area (Å²) in [6.45, 7) is 4.38. The van der Waals surface area contributed by atoms with Crippen LogP contribution in [0.25, 0.3) is 0 Å². The van der Waals surface area contributed by atoms with Gasteiger partial charge in [0.15, 0.2) is 0 Å². The molecule has 0 radical (unpaired) electrons. The first-order chi connectivity index (χ1) is 9.65. The molecule has 108 valence electrons. The standard InChI is InChI=1S/C17H25N3/c1-12-6-7-15(17(18)19)16(10-12)20-9-8-13-4-2-3-5-14(13)11-20/h6-7,10,13-14H,2-5,8-9,11H2,1H3,(H3,18,19). The van der Waals surface area contributed by atoms with Gasteiger partial charge in [-0.3, -0.25) is 5.41 Å². The average Bonchev–Trinajstić information content (AvgIpc) is 2.46. The number of nitrogens with one attached hydrogen (secondary N) is 1. The number of rotatable bonds is 2. The fourth-order valence-electron chi connectivity index (χ4n) is 3.95. The molecule has 3 N–H and O–H groups in total. The molecule has 0 aromatic heterocycles. The number of benzene rings is 1. The maximum absolute atomic E-state index is 7.80. The summed E-state index contributed by atoms with van der Waals surface area (Å²) < 4.78 is 0. The zero-order valence-electron chi connectivity index (χ0n) is 12.4. The van der Waals surface area contributed by atoms with Crippen molar-refractivity contribution >= 4 is 11.5 Å². The highest BCUT2D eigenvalue weighted by Gasteiger charge is 2.31. The Bertz CT molecular complexity index is 509. The second-order valence-electron chi connectivity index (χ2n) is 6.47. The molecule has 1 heterocycles. The van der Waals surface area contributed by atoms with E-state index in [2.05, 4.69) is 17.9 Å². The van der Waals surface area contributed by atoms with Crippen LogP contribution in [0.4, 0.5) is 5.69 Å². The Labute approximate surface area is 121 Å². The number of anilines is 1. The first-order valence-electron chi connectivity index (χ1n) is 7.85. The predicted molar refractivity (Wildman–Crippen MR) is 84.5 cm³/mol. The van der Waals surface area contributed by atoms with Gasteiger partial charge >= 0.3 is 0 Å². The molecule has 3 nitrogen and oxygen atoms in total. The van der Waals surface area contributed by atoms with Crippen molar-refractivity contribution in [1.82, 2.24) is 0 Å². The van der Waals surface area contributed by atoms with Crippen LogP contribution < -0.4 is 10.6 Å². The summed E-state index contributed by atoms with van der Waals surface area (Å²) in [6, 6.07) is 6.24. The summed E-state index contributed by atoms with van der Waals surface area (Å²) in [5, 5.41) is 7.80. The third-order valence-corrected chi connectivity index (χ3v) is 5.08. The highest BCUT2D eigenvalue weighted by atomic mass is 15.1. The number of nitrogens with zero attached hydrogens (tertiary/aromatic N) is 1. The Morgan fingerprint density at radius 3 is 2.70 bits per heavy atom. The van der Waals surface area contributed by atoms with Gasteiger partial charge in [0.2, 0.25) is 0 Å². The molecule has 20 heavy (non-hydrogen) atoms. The number of aryl methyl sites for hydroxylation is 1. The number of nitrogen functional groups attached to an aromatic ring is 1. The lowest BCUT2D eigenvalue weighted by Crippen LogP contribution is -2.42. The second-order valence-corrected chi connectivity index (χ2v) is 6.47. The van der Waals surface area contributed by atoms with Crippen LogP contribution in [-0.4, -0.2) is 18.9 Å². The minimum Gasteiger partial charge on any atom is -0.384 e. The van der Waals surface area contributed by atoms with Gasteiger partial charge in [0.1, 0.15) is 5.84 Å². The van der Waals surface area contributed by atoms with Gasteiger partial charge in [0, 0.05) is 24.3 Å². The summed E-state index contributed by atoms with van der Waals surface area (Å²) in [5.74, 6) is 1.97. The van der Waals surface area contributed by atoms with E-state index in [1.54, 1.807) is 0 Å².